The molecule has 2 aromatic heterocycles. The first-order valence-electron chi connectivity index (χ1n) is 6.00. The van der Waals surface area contributed by atoms with Crippen molar-refractivity contribution in [3.63, 3.8) is 0 Å². The van der Waals surface area contributed by atoms with Crippen LogP contribution in [0.1, 0.15) is 16.1 Å². The lowest BCUT2D eigenvalue weighted by molar-refractivity contribution is 0.103. The smallest absolute Gasteiger partial charge is 0.213 e. The monoisotopic (exact) mass is 267 g/mol. The van der Waals surface area contributed by atoms with Crippen molar-refractivity contribution in [2.75, 3.05) is 0 Å². The largest absolute Gasteiger partial charge is 0.287 e. The summed E-state index contributed by atoms with van der Waals surface area (Å²) in [5.74, 6) is -0.861. The van der Waals surface area contributed by atoms with Crippen LogP contribution < -0.4 is 0 Å². The van der Waals surface area contributed by atoms with E-state index in [2.05, 4.69) is 10.1 Å². The maximum absolute atomic E-state index is 13.2. The van der Waals surface area contributed by atoms with E-state index < -0.39 is 5.82 Å². The van der Waals surface area contributed by atoms with E-state index in [-0.39, 0.29) is 11.3 Å². The van der Waals surface area contributed by atoms with Gasteiger partial charge in [-0.3, -0.25) is 9.78 Å². The van der Waals surface area contributed by atoms with Crippen LogP contribution in [-0.4, -0.2) is 20.5 Å². The van der Waals surface area contributed by atoms with Gasteiger partial charge in [0.25, 0.3) is 0 Å². The van der Waals surface area contributed by atoms with Gasteiger partial charge >= 0.3 is 0 Å². The Bertz CT molecular complexity index is 753. The van der Waals surface area contributed by atoms with Crippen LogP contribution in [0.4, 0.5) is 4.39 Å². The maximum Gasteiger partial charge on any atom is 0.213 e. The number of para-hydroxylation sites is 1. The number of carbonyl (C=O) groups excluding carboxylic acids is 1. The number of hydrogen-bond donors (Lipinski definition) is 0. The first-order valence-corrected chi connectivity index (χ1v) is 6.00. The molecule has 0 amide bonds. The molecular formula is C15H10FN3O. The topological polar surface area (TPSA) is 47.8 Å². The Morgan fingerprint density at radius 3 is 2.65 bits per heavy atom. The maximum atomic E-state index is 13.2. The average molecular weight is 267 g/mol. The number of carbonyl (C=O) groups is 1. The molecule has 1 aromatic carbocycles. The zero-order valence-electron chi connectivity index (χ0n) is 10.4. The zero-order chi connectivity index (χ0) is 13.9. The lowest BCUT2D eigenvalue weighted by Crippen LogP contribution is -2.10. The summed E-state index contributed by atoms with van der Waals surface area (Å²) < 4.78 is 14.7. The summed E-state index contributed by atoms with van der Waals surface area (Å²) in [7, 11) is 0. The van der Waals surface area contributed by atoms with Gasteiger partial charge in [-0.05, 0) is 24.3 Å². The molecule has 0 unspecified atom stereocenters. The fourth-order valence-electron chi connectivity index (χ4n) is 1.93. The van der Waals surface area contributed by atoms with Crippen molar-refractivity contribution in [1.29, 1.82) is 0 Å². The van der Waals surface area contributed by atoms with Crippen molar-refractivity contribution in [1.82, 2.24) is 14.8 Å². The highest BCUT2D eigenvalue weighted by Gasteiger charge is 2.16. The van der Waals surface area contributed by atoms with Crippen LogP contribution in [0.25, 0.3) is 5.69 Å². The molecule has 0 bridgehead atoms. The average Bonchev–Trinajstić information content (AvgIpc) is 2.97. The summed E-state index contributed by atoms with van der Waals surface area (Å²) in [5.41, 5.74) is 1.33. The number of pyridine rings is 1. The highest BCUT2D eigenvalue weighted by molar-refractivity contribution is 6.07. The second-order valence-electron chi connectivity index (χ2n) is 4.18. The second kappa shape index (κ2) is 5.05. The van der Waals surface area contributed by atoms with Crippen LogP contribution in [0.15, 0.2) is 61.1 Å². The van der Waals surface area contributed by atoms with Crippen LogP contribution >= 0.6 is 0 Å². The predicted molar refractivity (Wildman–Crippen MR) is 71.2 cm³/mol. The molecule has 0 fully saturated rings. The van der Waals surface area contributed by atoms with Gasteiger partial charge < -0.3 is 0 Å². The third kappa shape index (κ3) is 2.21. The fraction of sp³-hybridized carbons (Fsp3) is 0. The summed E-state index contributed by atoms with van der Waals surface area (Å²) in [4.78, 5) is 16.1. The van der Waals surface area contributed by atoms with Gasteiger partial charge in [0.05, 0.1) is 18.1 Å². The Morgan fingerprint density at radius 1 is 1.10 bits per heavy atom. The summed E-state index contributed by atoms with van der Waals surface area (Å²) >= 11 is 0. The Labute approximate surface area is 114 Å². The highest BCUT2D eigenvalue weighted by Crippen LogP contribution is 2.14. The van der Waals surface area contributed by atoms with E-state index in [9.17, 15) is 9.18 Å². The lowest BCUT2D eigenvalue weighted by atomic mass is 10.1. The van der Waals surface area contributed by atoms with E-state index in [1.54, 1.807) is 6.07 Å². The van der Waals surface area contributed by atoms with Crippen molar-refractivity contribution in [3.05, 3.63) is 78.1 Å². The first-order chi connectivity index (χ1) is 9.75. The van der Waals surface area contributed by atoms with Gasteiger partial charge in [-0.15, -0.1) is 0 Å². The number of nitrogens with zero attached hydrogens (tertiary/aromatic N) is 3. The fourth-order valence-corrected chi connectivity index (χ4v) is 1.93. The molecule has 0 aliphatic carbocycles. The van der Waals surface area contributed by atoms with Gasteiger partial charge in [-0.2, -0.15) is 5.10 Å². The second-order valence-corrected chi connectivity index (χ2v) is 4.18. The molecule has 0 spiro atoms. The summed E-state index contributed by atoms with van der Waals surface area (Å²) in [6.07, 6.45) is 3.94. The minimum Gasteiger partial charge on any atom is -0.287 e. The van der Waals surface area contributed by atoms with E-state index in [4.69, 9.17) is 0 Å². The van der Waals surface area contributed by atoms with Crippen molar-refractivity contribution in [2.45, 2.75) is 0 Å². The van der Waals surface area contributed by atoms with Crippen LogP contribution in [0.2, 0.25) is 0 Å². The quantitative estimate of drug-likeness (QED) is 0.685. The highest BCUT2D eigenvalue weighted by atomic mass is 19.1. The number of ketones is 1. The third-order valence-electron chi connectivity index (χ3n) is 2.84. The Balaban J connectivity index is 2.04. The molecule has 4 nitrogen and oxygen atoms in total. The predicted octanol–water partition coefficient (Wildman–Crippen LogP) is 2.64. The standard InChI is InChI=1S/C15H10FN3O/c16-12-8-11(9-17-10-12)15(20)14-6-7-18-19(14)13-4-2-1-3-5-13/h1-10H. The molecule has 0 atom stereocenters. The minimum absolute atomic E-state index is 0.197. The molecule has 0 radical (unpaired) electrons. The van der Waals surface area contributed by atoms with Crippen LogP contribution in [-0.2, 0) is 0 Å². The van der Waals surface area contributed by atoms with E-state index in [1.807, 2.05) is 30.3 Å². The SMILES string of the molecule is O=C(c1cncc(F)c1)c1ccnn1-c1ccccc1. The molecule has 0 saturated heterocycles. The van der Waals surface area contributed by atoms with Crippen molar-refractivity contribution in [3.8, 4) is 5.69 Å². The van der Waals surface area contributed by atoms with Gasteiger partial charge in [0.1, 0.15) is 11.5 Å². The van der Waals surface area contributed by atoms with Gasteiger partial charge in [0, 0.05) is 11.8 Å². The van der Waals surface area contributed by atoms with Crippen LogP contribution in [0.3, 0.4) is 0 Å². The minimum atomic E-state index is -0.540. The lowest BCUT2D eigenvalue weighted by Gasteiger charge is -2.06. The van der Waals surface area contributed by atoms with E-state index in [1.165, 1.54) is 17.1 Å². The van der Waals surface area contributed by atoms with Crippen molar-refractivity contribution < 1.29 is 9.18 Å². The summed E-state index contributed by atoms with van der Waals surface area (Å²) in [5, 5.41) is 4.14. The normalized spacial score (nSPS) is 10.4. The van der Waals surface area contributed by atoms with Gasteiger partial charge in [0.15, 0.2) is 0 Å². The Hall–Kier alpha value is -2.82. The third-order valence-corrected chi connectivity index (χ3v) is 2.84. The number of halogens is 1. The molecule has 20 heavy (non-hydrogen) atoms. The molecular weight excluding hydrogens is 257 g/mol. The molecule has 0 aliphatic rings. The molecule has 98 valence electrons. The number of aromatic nitrogens is 3. The summed E-state index contributed by atoms with van der Waals surface area (Å²) in [6, 6.07) is 12.0. The van der Waals surface area contributed by atoms with Crippen molar-refractivity contribution >= 4 is 5.78 Å². The Morgan fingerprint density at radius 2 is 1.90 bits per heavy atom. The molecule has 2 heterocycles. The number of hydrogen-bond acceptors (Lipinski definition) is 3. The number of benzene rings is 1. The summed E-state index contributed by atoms with van der Waals surface area (Å²) in [6.45, 7) is 0. The molecule has 0 aliphatic heterocycles. The van der Waals surface area contributed by atoms with E-state index in [0.29, 0.717) is 5.69 Å². The van der Waals surface area contributed by atoms with Gasteiger partial charge in [-0.1, -0.05) is 18.2 Å². The van der Waals surface area contributed by atoms with Crippen LogP contribution in [0.5, 0.6) is 0 Å². The molecule has 3 rings (SSSR count). The zero-order valence-corrected chi connectivity index (χ0v) is 10.4. The van der Waals surface area contributed by atoms with Gasteiger partial charge in [-0.25, -0.2) is 9.07 Å². The molecule has 3 aromatic rings. The number of rotatable bonds is 3. The van der Waals surface area contributed by atoms with E-state index in [0.717, 1.165) is 18.0 Å². The van der Waals surface area contributed by atoms with Gasteiger partial charge in [0.2, 0.25) is 5.78 Å². The Kier molecular flexibility index (Phi) is 3.09. The molecule has 0 N–H and O–H groups in total. The van der Waals surface area contributed by atoms with E-state index >= 15 is 0 Å². The van der Waals surface area contributed by atoms with Crippen LogP contribution in [0, 0.1) is 5.82 Å². The molecule has 5 heteroatoms. The molecule has 0 saturated carbocycles. The first kappa shape index (κ1) is 12.2. The van der Waals surface area contributed by atoms with Crippen molar-refractivity contribution in [2.24, 2.45) is 0 Å².